The first kappa shape index (κ1) is 12.8. The van der Waals surface area contributed by atoms with Crippen molar-refractivity contribution in [2.45, 2.75) is 6.92 Å². The van der Waals surface area contributed by atoms with E-state index in [-0.39, 0.29) is 0 Å². The molecule has 0 atom stereocenters. The van der Waals surface area contributed by atoms with Crippen molar-refractivity contribution in [1.29, 1.82) is 0 Å². The van der Waals surface area contributed by atoms with Gasteiger partial charge >= 0.3 is 0 Å². The summed E-state index contributed by atoms with van der Waals surface area (Å²) in [4.78, 5) is 8.68. The van der Waals surface area contributed by atoms with Crippen LogP contribution in [0.5, 0.6) is 0 Å². The Morgan fingerprint density at radius 1 is 1.26 bits per heavy atom. The SMILES string of the molecule is C#Cc1ncccc1C(C)=NOC.c1cc2cc-2c1. The van der Waals surface area contributed by atoms with E-state index in [1.54, 1.807) is 6.20 Å². The molecule has 0 saturated heterocycles. The van der Waals surface area contributed by atoms with Crippen molar-refractivity contribution in [3.05, 3.63) is 53.9 Å². The Morgan fingerprint density at radius 2 is 2.00 bits per heavy atom. The molecule has 0 saturated carbocycles. The Hall–Kier alpha value is -2.60. The Morgan fingerprint density at radius 3 is 2.47 bits per heavy atom. The van der Waals surface area contributed by atoms with Crippen LogP contribution in [0.3, 0.4) is 0 Å². The lowest BCUT2D eigenvalue weighted by Gasteiger charge is -2.01. The number of pyridine rings is 1. The minimum absolute atomic E-state index is 0.584. The zero-order valence-electron chi connectivity index (χ0n) is 10.9. The van der Waals surface area contributed by atoms with Crippen molar-refractivity contribution in [2.24, 2.45) is 5.16 Å². The molecule has 0 unspecified atom stereocenters. The zero-order valence-corrected chi connectivity index (χ0v) is 10.9. The molecule has 0 aromatic carbocycles. The first-order valence-corrected chi connectivity index (χ1v) is 5.86. The molecule has 0 amide bonds. The Balaban J connectivity index is 0.000000180. The van der Waals surface area contributed by atoms with E-state index in [2.05, 4.69) is 45.2 Å². The lowest BCUT2D eigenvalue weighted by Crippen LogP contribution is -2.00. The van der Waals surface area contributed by atoms with Gasteiger partial charge in [-0.3, -0.25) is 0 Å². The summed E-state index contributed by atoms with van der Waals surface area (Å²) in [5.74, 6) is 2.49. The molecule has 0 spiro atoms. The van der Waals surface area contributed by atoms with Crippen LogP contribution in [0.2, 0.25) is 0 Å². The molecule has 2 aliphatic carbocycles. The quantitative estimate of drug-likeness (QED) is 0.398. The molecule has 94 valence electrons. The van der Waals surface area contributed by atoms with Gasteiger partial charge in [-0.2, -0.15) is 0 Å². The van der Waals surface area contributed by atoms with Gasteiger partial charge < -0.3 is 4.84 Å². The fourth-order valence-corrected chi connectivity index (χ4v) is 1.67. The fraction of sp³-hybridized carbons (Fsp3) is 0.125. The van der Waals surface area contributed by atoms with E-state index in [1.165, 1.54) is 18.2 Å². The number of terminal acetylenes is 1. The Kier molecular flexibility index (Phi) is 3.94. The monoisotopic (exact) mass is 250 g/mol. The normalized spacial score (nSPS) is 10.9. The molecule has 19 heavy (non-hydrogen) atoms. The highest BCUT2D eigenvalue weighted by molar-refractivity contribution is 6.00. The molecular formula is C16H14N2O. The molecule has 3 nitrogen and oxygen atoms in total. The predicted molar refractivity (Wildman–Crippen MR) is 76.8 cm³/mol. The summed E-state index contributed by atoms with van der Waals surface area (Å²) in [7, 11) is 1.50. The first-order valence-electron chi connectivity index (χ1n) is 5.86. The van der Waals surface area contributed by atoms with Crippen molar-refractivity contribution in [3.63, 3.8) is 0 Å². The average molecular weight is 250 g/mol. The van der Waals surface area contributed by atoms with E-state index in [4.69, 9.17) is 6.42 Å². The predicted octanol–water partition coefficient (Wildman–Crippen LogP) is 3.10. The molecule has 3 rings (SSSR count). The molecule has 1 aromatic rings. The lowest BCUT2D eigenvalue weighted by atomic mass is 10.1. The van der Waals surface area contributed by atoms with Crippen LogP contribution >= 0.6 is 0 Å². The number of oxime groups is 1. The molecule has 0 radical (unpaired) electrons. The number of aromatic nitrogens is 1. The van der Waals surface area contributed by atoms with Crippen LogP contribution in [-0.2, 0) is 4.84 Å². The number of benzene rings is 1. The van der Waals surface area contributed by atoms with Gasteiger partial charge in [-0.15, -0.1) is 6.42 Å². The maximum absolute atomic E-state index is 5.28. The van der Waals surface area contributed by atoms with Crippen molar-refractivity contribution in [2.75, 3.05) is 7.11 Å². The highest BCUT2D eigenvalue weighted by atomic mass is 16.6. The van der Waals surface area contributed by atoms with Gasteiger partial charge in [0.25, 0.3) is 0 Å². The second kappa shape index (κ2) is 5.83. The van der Waals surface area contributed by atoms with E-state index in [9.17, 15) is 0 Å². The number of fused-ring (bicyclic) bond motifs is 1. The zero-order chi connectivity index (χ0) is 13.7. The van der Waals surface area contributed by atoms with Crippen LogP contribution in [0.4, 0.5) is 0 Å². The number of rotatable bonds is 2. The van der Waals surface area contributed by atoms with Gasteiger partial charge in [0.1, 0.15) is 12.8 Å². The van der Waals surface area contributed by atoms with E-state index in [1.807, 2.05) is 19.1 Å². The second-order valence-electron chi connectivity index (χ2n) is 3.98. The largest absolute Gasteiger partial charge is 0.399 e. The van der Waals surface area contributed by atoms with Crippen LogP contribution in [0.1, 0.15) is 18.2 Å². The highest BCUT2D eigenvalue weighted by Gasteiger charge is 2.07. The van der Waals surface area contributed by atoms with Gasteiger partial charge in [0.15, 0.2) is 0 Å². The topological polar surface area (TPSA) is 34.5 Å². The molecule has 0 aliphatic heterocycles. The average Bonchev–Trinajstić information content (AvgIpc) is 3.06. The smallest absolute Gasteiger partial charge is 0.122 e. The summed E-state index contributed by atoms with van der Waals surface area (Å²) in [5.41, 5.74) is 4.99. The van der Waals surface area contributed by atoms with Gasteiger partial charge in [-0.1, -0.05) is 23.4 Å². The van der Waals surface area contributed by atoms with Gasteiger partial charge in [0.2, 0.25) is 0 Å². The molecule has 0 fully saturated rings. The summed E-state index contributed by atoms with van der Waals surface area (Å²) < 4.78 is 0. The van der Waals surface area contributed by atoms with Gasteiger partial charge in [-0.05, 0) is 42.2 Å². The van der Waals surface area contributed by atoms with Crippen LogP contribution < -0.4 is 0 Å². The molecule has 0 N–H and O–H groups in total. The van der Waals surface area contributed by atoms with Crippen LogP contribution in [-0.4, -0.2) is 17.8 Å². The number of nitrogens with zero attached hydrogens (tertiary/aromatic N) is 2. The summed E-state index contributed by atoms with van der Waals surface area (Å²) in [5, 5.41) is 3.78. The minimum atomic E-state index is 0.584. The van der Waals surface area contributed by atoms with Crippen LogP contribution in [0.15, 0.2) is 47.8 Å². The third-order valence-corrected chi connectivity index (χ3v) is 2.68. The van der Waals surface area contributed by atoms with Crippen molar-refractivity contribution < 1.29 is 4.84 Å². The van der Waals surface area contributed by atoms with Crippen LogP contribution in [0, 0.1) is 12.3 Å². The molecular weight excluding hydrogens is 236 g/mol. The molecule has 1 heterocycles. The van der Waals surface area contributed by atoms with E-state index in [0.29, 0.717) is 5.69 Å². The number of hydrogen-bond donors (Lipinski definition) is 0. The van der Waals surface area contributed by atoms with Crippen molar-refractivity contribution in [1.82, 2.24) is 4.98 Å². The Bertz CT molecular complexity index is 637. The summed E-state index contributed by atoms with van der Waals surface area (Å²) >= 11 is 0. The summed E-state index contributed by atoms with van der Waals surface area (Å²) in [6, 6.07) is 12.2. The molecule has 0 bridgehead atoms. The molecule has 1 aromatic heterocycles. The first-order chi connectivity index (χ1) is 9.26. The van der Waals surface area contributed by atoms with Gasteiger partial charge in [-0.25, -0.2) is 4.98 Å². The van der Waals surface area contributed by atoms with Gasteiger partial charge in [0.05, 0.1) is 5.71 Å². The maximum Gasteiger partial charge on any atom is 0.122 e. The maximum atomic E-state index is 5.28. The summed E-state index contributed by atoms with van der Waals surface area (Å²) in [6.07, 6.45) is 6.93. The molecule has 3 heteroatoms. The minimum Gasteiger partial charge on any atom is -0.399 e. The van der Waals surface area contributed by atoms with Crippen molar-refractivity contribution >= 4 is 5.71 Å². The highest BCUT2D eigenvalue weighted by Crippen LogP contribution is 2.32. The third-order valence-electron chi connectivity index (χ3n) is 2.68. The van der Waals surface area contributed by atoms with Crippen molar-refractivity contribution in [3.8, 4) is 23.5 Å². The number of hydrogen-bond acceptors (Lipinski definition) is 3. The van der Waals surface area contributed by atoms with E-state index in [0.717, 1.165) is 11.3 Å². The summed E-state index contributed by atoms with van der Waals surface area (Å²) in [6.45, 7) is 1.82. The van der Waals surface area contributed by atoms with E-state index < -0.39 is 0 Å². The Labute approximate surface area is 112 Å². The van der Waals surface area contributed by atoms with Crippen LogP contribution in [0.25, 0.3) is 11.1 Å². The van der Waals surface area contributed by atoms with Gasteiger partial charge in [0, 0.05) is 11.8 Å². The molecule has 2 aliphatic rings. The lowest BCUT2D eigenvalue weighted by molar-refractivity contribution is 0.213. The van der Waals surface area contributed by atoms with E-state index >= 15 is 0 Å². The standard InChI is InChI=1S/C10H10N2O.C6H4/c1-4-10-9(6-5-7-11-10)8(2)12-13-3;1-2-5-4-6(5)3-1/h1,5-7H,2-3H3;1-4H. The third kappa shape index (κ3) is 3.20. The second-order valence-corrected chi connectivity index (χ2v) is 3.98. The fourth-order valence-electron chi connectivity index (χ4n) is 1.67.